The van der Waals surface area contributed by atoms with Crippen LogP contribution in [-0.4, -0.2) is 45.7 Å². The summed E-state index contributed by atoms with van der Waals surface area (Å²) in [5.41, 5.74) is 0.527. The Morgan fingerprint density at radius 1 is 1.12 bits per heavy atom. The van der Waals surface area contributed by atoms with Gasteiger partial charge in [-0.15, -0.1) is 11.3 Å². The summed E-state index contributed by atoms with van der Waals surface area (Å²) in [7, 11) is 0. The van der Waals surface area contributed by atoms with Crippen molar-refractivity contribution in [3.8, 4) is 0 Å². The lowest BCUT2D eigenvalue weighted by Crippen LogP contribution is -2.47. The van der Waals surface area contributed by atoms with Gasteiger partial charge in [0.1, 0.15) is 17.1 Å². The van der Waals surface area contributed by atoms with E-state index >= 15 is 0 Å². The van der Waals surface area contributed by atoms with Crippen LogP contribution in [0, 0.1) is 0 Å². The molecule has 1 aromatic heterocycles. The molecule has 33 heavy (non-hydrogen) atoms. The zero-order valence-corrected chi connectivity index (χ0v) is 19.3. The molecule has 5 rings (SSSR count). The minimum atomic E-state index is -1.13. The maximum Gasteiger partial charge on any atom is 0.325 e. The van der Waals surface area contributed by atoms with Crippen molar-refractivity contribution in [2.75, 3.05) is 13.1 Å². The van der Waals surface area contributed by atoms with Gasteiger partial charge >= 0.3 is 6.03 Å². The molecule has 0 aliphatic carbocycles. The van der Waals surface area contributed by atoms with Crippen LogP contribution in [-0.2, 0) is 15.1 Å². The lowest BCUT2D eigenvalue weighted by atomic mass is 9.87. The highest BCUT2D eigenvalue weighted by atomic mass is 32.1. The molecule has 1 N–H and O–H groups in total. The first kappa shape index (κ1) is 21.6. The number of urea groups is 1. The molecule has 2 aliphatic rings. The van der Waals surface area contributed by atoms with Crippen molar-refractivity contribution < 1.29 is 14.4 Å². The molecule has 170 valence electrons. The molecule has 3 heterocycles. The van der Waals surface area contributed by atoms with E-state index in [9.17, 15) is 14.4 Å². The Morgan fingerprint density at radius 2 is 1.88 bits per heavy atom. The second-order valence-electron chi connectivity index (χ2n) is 8.56. The van der Waals surface area contributed by atoms with E-state index in [1.165, 1.54) is 0 Å². The Hall–Kier alpha value is -3.26. The fourth-order valence-corrected chi connectivity index (χ4v) is 5.99. The predicted octanol–water partition coefficient (Wildman–Crippen LogP) is 4.21. The zero-order valence-electron chi connectivity index (χ0n) is 18.5. The van der Waals surface area contributed by atoms with Gasteiger partial charge in [-0.1, -0.05) is 49.4 Å². The van der Waals surface area contributed by atoms with Crippen molar-refractivity contribution in [1.82, 2.24) is 20.1 Å². The third-order valence-electron chi connectivity index (χ3n) is 6.68. The number of hydrogen-bond donors (Lipinski definition) is 1. The topological polar surface area (TPSA) is 82.6 Å². The SMILES string of the molecule is CCC1(c2ccccc2)NC(=O)N(CC(=O)N2CCCCC2c2nc3ccccc3s2)C1=O. The number of piperidine rings is 1. The number of nitrogens with zero attached hydrogens (tertiary/aromatic N) is 3. The van der Waals surface area contributed by atoms with E-state index in [4.69, 9.17) is 4.98 Å². The summed E-state index contributed by atoms with van der Waals surface area (Å²) >= 11 is 1.60. The van der Waals surface area contributed by atoms with E-state index in [-0.39, 0.29) is 24.4 Å². The highest BCUT2D eigenvalue weighted by molar-refractivity contribution is 7.18. The first-order valence-electron chi connectivity index (χ1n) is 11.4. The van der Waals surface area contributed by atoms with Crippen LogP contribution in [0.1, 0.15) is 49.2 Å². The number of rotatable bonds is 5. The van der Waals surface area contributed by atoms with Crippen molar-refractivity contribution >= 4 is 39.4 Å². The molecule has 7 nitrogen and oxygen atoms in total. The first-order chi connectivity index (χ1) is 16.0. The van der Waals surface area contributed by atoms with Gasteiger partial charge < -0.3 is 10.2 Å². The van der Waals surface area contributed by atoms with Crippen molar-refractivity contribution in [3.05, 3.63) is 65.2 Å². The zero-order chi connectivity index (χ0) is 23.0. The second-order valence-corrected chi connectivity index (χ2v) is 9.63. The summed E-state index contributed by atoms with van der Waals surface area (Å²) in [5.74, 6) is -0.592. The van der Waals surface area contributed by atoms with E-state index in [0.717, 1.165) is 45.0 Å². The number of benzene rings is 2. The molecular formula is C25H26N4O3S. The summed E-state index contributed by atoms with van der Waals surface area (Å²) in [6.07, 6.45) is 3.15. The minimum absolute atomic E-state index is 0.130. The number of para-hydroxylation sites is 1. The van der Waals surface area contributed by atoms with Gasteiger partial charge in [-0.2, -0.15) is 0 Å². The van der Waals surface area contributed by atoms with Crippen LogP contribution in [0.4, 0.5) is 4.79 Å². The number of nitrogens with one attached hydrogen (secondary N) is 1. The molecule has 0 radical (unpaired) electrons. The van der Waals surface area contributed by atoms with E-state index in [1.807, 2.05) is 61.5 Å². The number of likely N-dealkylation sites (tertiary alicyclic amines) is 1. The van der Waals surface area contributed by atoms with Crippen molar-refractivity contribution in [2.24, 2.45) is 0 Å². The smallest absolute Gasteiger partial charge is 0.325 e. The predicted molar refractivity (Wildman–Crippen MR) is 127 cm³/mol. The van der Waals surface area contributed by atoms with Crippen LogP contribution >= 0.6 is 11.3 Å². The van der Waals surface area contributed by atoms with E-state index in [0.29, 0.717) is 13.0 Å². The molecule has 0 saturated carbocycles. The molecule has 2 aliphatic heterocycles. The summed E-state index contributed by atoms with van der Waals surface area (Å²) in [5, 5.41) is 3.77. The summed E-state index contributed by atoms with van der Waals surface area (Å²) < 4.78 is 1.09. The van der Waals surface area contributed by atoms with E-state index in [1.54, 1.807) is 16.2 Å². The maximum atomic E-state index is 13.4. The molecule has 2 fully saturated rings. The number of carbonyl (C=O) groups is 3. The second kappa shape index (κ2) is 8.59. The van der Waals surface area contributed by atoms with Gasteiger partial charge in [-0.05, 0) is 43.4 Å². The Balaban J connectivity index is 1.38. The number of imide groups is 1. The average molecular weight is 463 g/mol. The van der Waals surface area contributed by atoms with Gasteiger partial charge in [0.05, 0.1) is 16.3 Å². The van der Waals surface area contributed by atoms with Crippen LogP contribution < -0.4 is 5.32 Å². The Kier molecular flexibility index (Phi) is 5.62. The molecule has 2 saturated heterocycles. The standard InChI is InChI=1S/C25H26N4O3S/c1-2-25(17-10-4-3-5-11-17)23(31)29(24(32)27-25)16-21(30)28-15-9-8-13-19(28)22-26-18-12-6-7-14-20(18)33-22/h3-7,10-12,14,19H,2,8-9,13,15-16H2,1H3,(H,27,32). The van der Waals surface area contributed by atoms with Gasteiger partial charge in [-0.25, -0.2) is 9.78 Å². The Morgan fingerprint density at radius 3 is 2.64 bits per heavy atom. The number of thiazole rings is 1. The number of amides is 4. The van der Waals surface area contributed by atoms with Gasteiger partial charge in [0, 0.05) is 6.54 Å². The van der Waals surface area contributed by atoms with Crippen LogP contribution in [0.5, 0.6) is 0 Å². The third kappa shape index (κ3) is 3.68. The normalized spacial score (nSPS) is 23.2. The van der Waals surface area contributed by atoms with E-state index < -0.39 is 11.6 Å². The van der Waals surface area contributed by atoms with Crippen LogP contribution in [0.2, 0.25) is 0 Å². The van der Waals surface area contributed by atoms with Gasteiger partial charge in [0.15, 0.2) is 0 Å². The number of carbonyl (C=O) groups excluding carboxylic acids is 3. The Labute approximate surface area is 196 Å². The van der Waals surface area contributed by atoms with Crippen molar-refractivity contribution in [1.29, 1.82) is 0 Å². The highest BCUT2D eigenvalue weighted by Gasteiger charge is 2.52. The number of fused-ring (bicyclic) bond motifs is 1. The quantitative estimate of drug-likeness (QED) is 0.576. The number of aromatic nitrogens is 1. The maximum absolute atomic E-state index is 13.4. The molecular weight excluding hydrogens is 436 g/mol. The summed E-state index contributed by atoms with van der Waals surface area (Å²) in [6.45, 7) is 2.20. The van der Waals surface area contributed by atoms with Gasteiger partial charge in [-0.3, -0.25) is 14.5 Å². The molecule has 2 aromatic carbocycles. The minimum Gasteiger partial charge on any atom is -0.332 e. The molecule has 3 aromatic rings. The molecule has 2 unspecified atom stereocenters. The van der Waals surface area contributed by atoms with Gasteiger partial charge in [0.25, 0.3) is 5.91 Å². The lowest BCUT2D eigenvalue weighted by molar-refractivity contribution is -0.141. The molecule has 0 bridgehead atoms. The van der Waals surface area contributed by atoms with Crippen LogP contribution in [0.3, 0.4) is 0 Å². The van der Waals surface area contributed by atoms with Crippen molar-refractivity contribution in [2.45, 2.75) is 44.2 Å². The van der Waals surface area contributed by atoms with E-state index in [2.05, 4.69) is 5.32 Å². The summed E-state index contributed by atoms with van der Waals surface area (Å²) in [4.78, 5) is 47.3. The highest BCUT2D eigenvalue weighted by Crippen LogP contribution is 2.37. The first-order valence-corrected chi connectivity index (χ1v) is 12.2. The van der Waals surface area contributed by atoms with Gasteiger partial charge in [0.2, 0.25) is 5.91 Å². The monoisotopic (exact) mass is 462 g/mol. The average Bonchev–Trinajstić information content (AvgIpc) is 3.39. The third-order valence-corrected chi connectivity index (χ3v) is 7.82. The largest absolute Gasteiger partial charge is 0.332 e. The lowest BCUT2D eigenvalue weighted by Gasteiger charge is -2.35. The molecule has 4 amide bonds. The van der Waals surface area contributed by atoms with Crippen molar-refractivity contribution in [3.63, 3.8) is 0 Å². The molecule has 8 heteroatoms. The Bertz CT molecular complexity index is 1180. The molecule has 0 spiro atoms. The van der Waals surface area contributed by atoms with Crippen LogP contribution in [0.25, 0.3) is 10.2 Å². The molecule has 2 atom stereocenters. The summed E-state index contributed by atoms with van der Waals surface area (Å²) in [6, 6.07) is 16.5. The fraction of sp³-hybridized carbons (Fsp3) is 0.360. The fourth-order valence-electron chi connectivity index (χ4n) is 4.88. The van der Waals surface area contributed by atoms with Crippen LogP contribution in [0.15, 0.2) is 54.6 Å². The number of hydrogen-bond acceptors (Lipinski definition) is 5.